The molecule has 0 aromatic heterocycles. The highest BCUT2D eigenvalue weighted by molar-refractivity contribution is 9.10. The van der Waals surface area contributed by atoms with Crippen LogP contribution in [0.1, 0.15) is 15.9 Å². The van der Waals surface area contributed by atoms with E-state index < -0.39 is 0 Å². The summed E-state index contributed by atoms with van der Waals surface area (Å²) in [6.07, 6.45) is 0.781. The molecule has 0 saturated carbocycles. The van der Waals surface area contributed by atoms with Crippen molar-refractivity contribution >= 4 is 33.2 Å². The van der Waals surface area contributed by atoms with Crippen molar-refractivity contribution in [1.82, 2.24) is 0 Å². The second kappa shape index (κ2) is 4.83. The number of amides is 1. The molecule has 0 unspecified atom stereocenters. The minimum atomic E-state index is -0.230. The van der Waals surface area contributed by atoms with E-state index in [0.717, 1.165) is 22.1 Å². The van der Waals surface area contributed by atoms with Gasteiger partial charge in [0.25, 0.3) is 5.91 Å². The molecule has 5 heteroatoms. The summed E-state index contributed by atoms with van der Waals surface area (Å²) in [5.74, 6) is -0.265. The Hall–Kier alpha value is -2.01. The Bertz CT molecular complexity index is 700. The number of hydrogen-bond acceptors (Lipinski definition) is 3. The fourth-order valence-electron chi connectivity index (χ4n) is 2.52. The van der Waals surface area contributed by atoms with Crippen molar-refractivity contribution in [3.8, 4) is 5.75 Å². The van der Waals surface area contributed by atoms with E-state index in [1.54, 1.807) is 23.1 Å². The zero-order valence-corrected chi connectivity index (χ0v) is 12.2. The predicted molar refractivity (Wildman–Crippen MR) is 82.0 cm³/mol. The summed E-state index contributed by atoms with van der Waals surface area (Å²) in [4.78, 5) is 14.2. The van der Waals surface area contributed by atoms with Crippen LogP contribution in [0.4, 0.5) is 11.4 Å². The van der Waals surface area contributed by atoms with Crippen LogP contribution in [0.15, 0.2) is 40.9 Å². The monoisotopic (exact) mass is 332 g/mol. The Morgan fingerprint density at radius 1 is 1.30 bits per heavy atom. The number of rotatable bonds is 1. The Morgan fingerprint density at radius 2 is 2.10 bits per heavy atom. The van der Waals surface area contributed by atoms with Gasteiger partial charge in [-0.1, -0.05) is 28.1 Å². The number of halogens is 1. The van der Waals surface area contributed by atoms with Crippen molar-refractivity contribution in [2.45, 2.75) is 6.42 Å². The fraction of sp³-hybridized carbons (Fsp3) is 0.133. The lowest BCUT2D eigenvalue weighted by Crippen LogP contribution is -2.29. The van der Waals surface area contributed by atoms with Crippen LogP contribution in [-0.2, 0) is 6.42 Å². The van der Waals surface area contributed by atoms with Crippen LogP contribution in [0.3, 0.4) is 0 Å². The molecule has 1 heterocycles. The lowest BCUT2D eigenvalue weighted by atomic mass is 10.1. The van der Waals surface area contributed by atoms with Crippen molar-refractivity contribution in [2.75, 3.05) is 17.2 Å². The first-order valence-electron chi connectivity index (χ1n) is 6.25. The summed E-state index contributed by atoms with van der Waals surface area (Å²) in [5.41, 5.74) is 8.67. The van der Waals surface area contributed by atoms with Gasteiger partial charge in [0.2, 0.25) is 0 Å². The van der Waals surface area contributed by atoms with Gasteiger partial charge in [-0.2, -0.15) is 0 Å². The number of carbonyl (C=O) groups is 1. The van der Waals surface area contributed by atoms with Gasteiger partial charge < -0.3 is 15.7 Å². The summed E-state index contributed by atoms with van der Waals surface area (Å²) in [5, 5.41) is 9.93. The summed E-state index contributed by atoms with van der Waals surface area (Å²) >= 11 is 3.26. The maximum absolute atomic E-state index is 12.6. The van der Waals surface area contributed by atoms with Gasteiger partial charge >= 0.3 is 0 Å². The van der Waals surface area contributed by atoms with Crippen molar-refractivity contribution in [3.05, 3.63) is 52.0 Å². The number of nitrogens with zero attached hydrogens (tertiary/aromatic N) is 1. The number of hydrogen-bond donors (Lipinski definition) is 2. The molecule has 1 aliphatic heterocycles. The normalized spacial score (nSPS) is 13.3. The number of nitrogen functional groups attached to an aromatic ring is 1. The minimum Gasteiger partial charge on any atom is -0.507 e. The Kier molecular flexibility index (Phi) is 3.14. The van der Waals surface area contributed by atoms with E-state index >= 15 is 0 Å². The second-order valence-corrected chi connectivity index (χ2v) is 5.64. The van der Waals surface area contributed by atoms with E-state index in [1.165, 1.54) is 6.07 Å². The molecule has 2 aromatic rings. The summed E-state index contributed by atoms with van der Waals surface area (Å²) in [6, 6.07) is 10.5. The third-order valence-corrected chi connectivity index (χ3v) is 3.95. The van der Waals surface area contributed by atoms with Crippen LogP contribution >= 0.6 is 15.9 Å². The largest absolute Gasteiger partial charge is 0.507 e. The van der Waals surface area contributed by atoms with E-state index in [4.69, 9.17) is 5.73 Å². The number of fused-ring (bicyclic) bond motifs is 1. The number of nitrogens with two attached hydrogens (primary N) is 1. The van der Waals surface area contributed by atoms with Gasteiger partial charge in [0.05, 0.1) is 16.9 Å². The van der Waals surface area contributed by atoms with Crippen LogP contribution in [0, 0.1) is 0 Å². The van der Waals surface area contributed by atoms with E-state index in [2.05, 4.69) is 15.9 Å². The zero-order chi connectivity index (χ0) is 14.3. The molecule has 0 radical (unpaired) electrons. The highest BCUT2D eigenvalue weighted by Crippen LogP contribution is 2.35. The van der Waals surface area contributed by atoms with E-state index in [9.17, 15) is 9.90 Å². The zero-order valence-electron chi connectivity index (χ0n) is 10.6. The van der Waals surface area contributed by atoms with Gasteiger partial charge in [0, 0.05) is 11.0 Å². The van der Waals surface area contributed by atoms with Crippen LogP contribution in [0.5, 0.6) is 5.75 Å². The Morgan fingerprint density at radius 3 is 2.85 bits per heavy atom. The molecule has 2 aromatic carbocycles. The van der Waals surface area contributed by atoms with E-state index in [0.29, 0.717) is 12.2 Å². The van der Waals surface area contributed by atoms with E-state index in [-0.39, 0.29) is 17.2 Å². The molecule has 0 bridgehead atoms. The number of phenolic OH excluding ortho intramolecular Hbond substituents is 1. The molecular formula is C15H13BrN2O2. The highest BCUT2D eigenvalue weighted by atomic mass is 79.9. The van der Waals surface area contributed by atoms with Gasteiger partial charge in [-0.25, -0.2) is 0 Å². The quantitative estimate of drug-likeness (QED) is 0.789. The van der Waals surface area contributed by atoms with Gasteiger partial charge in [-0.3, -0.25) is 4.79 Å². The summed E-state index contributed by atoms with van der Waals surface area (Å²) in [7, 11) is 0. The first kappa shape index (κ1) is 13.0. The number of carbonyl (C=O) groups excluding carboxylic acids is 1. The maximum atomic E-state index is 12.6. The second-order valence-electron chi connectivity index (χ2n) is 4.72. The van der Waals surface area contributed by atoms with E-state index in [1.807, 2.05) is 12.1 Å². The first-order chi connectivity index (χ1) is 9.58. The van der Waals surface area contributed by atoms with Crippen LogP contribution < -0.4 is 10.6 Å². The third-order valence-electron chi connectivity index (χ3n) is 3.46. The van der Waals surface area contributed by atoms with Gasteiger partial charge in [0.15, 0.2) is 0 Å². The van der Waals surface area contributed by atoms with Crippen molar-refractivity contribution in [2.24, 2.45) is 0 Å². The molecule has 4 nitrogen and oxygen atoms in total. The molecule has 3 N–H and O–H groups in total. The number of para-hydroxylation sites is 1. The number of phenols is 1. The number of aromatic hydroxyl groups is 1. The van der Waals surface area contributed by atoms with Gasteiger partial charge in [-0.15, -0.1) is 0 Å². The highest BCUT2D eigenvalue weighted by Gasteiger charge is 2.28. The Balaban J connectivity index is 2.02. The molecule has 1 amide bonds. The van der Waals surface area contributed by atoms with Gasteiger partial charge in [0.1, 0.15) is 5.75 Å². The molecule has 1 aliphatic rings. The van der Waals surface area contributed by atoms with Crippen molar-refractivity contribution < 1.29 is 9.90 Å². The smallest absolute Gasteiger partial charge is 0.262 e. The van der Waals surface area contributed by atoms with Crippen LogP contribution in [0.25, 0.3) is 0 Å². The first-order valence-corrected chi connectivity index (χ1v) is 7.05. The van der Waals surface area contributed by atoms with Crippen molar-refractivity contribution in [3.63, 3.8) is 0 Å². The van der Waals surface area contributed by atoms with Crippen molar-refractivity contribution in [1.29, 1.82) is 0 Å². The lowest BCUT2D eigenvalue weighted by Gasteiger charge is -2.19. The van der Waals surface area contributed by atoms with Gasteiger partial charge in [-0.05, 0) is 36.2 Å². The predicted octanol–water partition coefficient (Wildman–Crippen LogP) is 2.94. The summed E-state index contributed by atoms with van der Waals surface area (Å²) in [6.45, 7) is 0.581. The average molecular weight is 333 g/mol. The van der Waals surface area contributed by atoms with Crippen LogP contribution in [0.2, 0.25) is 0 Å². The molecule has 3 rings (SSSR count). The molecular weight excluding hydrogens is 320 g/mol. The number of anilines is 2. The number of benzene rings is 2. The molecule has 20 heavy (non-hydrogen) atoms. The minimum absolute atomic E-state index is 0.0349. The third kappa shape index (κ3) is 2.04. The molecule has 0 fully saturated rings. The molecule has 0 aliphatic carbocycles. The molecule has 0 saturated heterocycles. The fourth-order valence-corrected chi connectivity index (χ4v) is 2.87. The standard InChI is InChI=1S/C15H13BrN2O2/c16-10-4-5-11(13(19)8-10)15(20)18-7-6-9-2-1-3-12(17)14(9)18/h1-5,8,19H,6-7,17H2. The lowest BCUT2D eigenvalue weighted by molar-refractivity contribution is 0.0987. The Labute approximate surface area is 125 Å². The SMILES string of the molecule is Nc1cccc2c1N(C(=O)c1ccc(Br)cc1O)CC2. The van der Waals surface area contributed by atoms with Crippen LogP contribution in [-0.4, -0.2) is 17.6 Å². The molecule has 0 atom stereocenters. The maximum Gasteiger partial charge on any atom is 0.262 e. The topological polar surface area (TPSA) is 66.6 Å². The summed E-state index contributed by atoms with van der Waals surface area (Å²) < 4.78 is 0.730. The molecule has 102 valence electrons. The molecule has 0 spiro atoms. The average Bonchev–Trinajstić information content (AvgIpc) is 2.83.